The maximum absolute atomic E-state index is 11.0. The molecule has 0 spiro atoms. The van der Waals surface area contributed by atoms with Crippen LogP contribution in [0.15, 0.2) is 18.2 Å². The van der Waals surface area contributed by atoms with Gasteiger partial charge in [-0.1, -0.05) is 24.1 Å². The number of unbranched alkanes of at least 4 members (excludes halogenated alkanes) is 1. The Morgan fingerprint density at radius 1 is 1.25 bits per heavy atom. The minimum absolute atomic E-state index is 0.613. The van der Waals surface area contributed by atoms with Gasteiger partial charge in [0.05, 0.1) is 5.41 Å². The lowest BCUT2D eigenvalue weighted by Crippen LogP contribution is -2.24. The maximum Gasteiger partial charge on any atom is 0.309 e. The monoisotopic (exact) mass is 277 g/mol. The van der Waals surface area contributed by atoms with Crippen LogP contribution in [0, 0.1) is 19.3 Å². The summed E-state index contributed by atoms with van der Waals surface area (Å²) < 4.78 is 0. The Morgan fingerprint density at radius 2 is 1.90 bits per heavy atom. The molecule has 112 valence electrons. The Balaban J connectivity index is 2.44. The SMILES string of the molecule is Cc1ccc(N(C)CCCCC(C)(C)C(=O)O)c(C)c1. The van der Waals surface area contributed by atoms with Gasteiger partial charge < -0.3 is 10.0 Å². The molecule has 0 atom stereocenters. The second kappa shape index (κ2) is 6.78. The number of rotatable bonds is 7. The van der Waals surface area contributed by atoms with Gasteiger partial charge in [-0.3, -0.25) is 4.79 Å². The zero-order chi connectivity index (χ0) is 15.3. The van der Waals surface area contributed by atoms with Crippen molar-refractivity contribution in [1.29, 1.82) is 0 Å². The van der Waals surface area contributed by atoms with Gasteiger partial charge in [0.15, 0.2) is 0 Å². The molecule has 1 N–H and O–H groups in total. The average Bonchev–Trinajstić information content (AvgIpc) is 2.34. The van der Waals surface area contributed by atoms with Gasteiger partial charge in [-0.2, -0.15) is 0 Å². The van der Waals surface area contributed by atoms with E-state index in [1.165, 1.54) is 16.8 Å². The lowest BCUT2D eigenvalue weighted by atomic mass is 9.87. The van der Waals surface area contributed by atoms with Crippen molar-refractivity contribution in [3.8, 4) is 0 Å². The highest BCUT2D eigenvalue weighted by atomic mass is 16.4. The molecule has 0 saturated heterocycles. The van der Waals surface area contributed by atoms with Gasteiger partial charge >= 0.3 is 5.97 Å². The fourth-order valence-corrected chi connectivity index (χ4v) is 2.38. The van der Waals surface area contributed by atoms with Crippen LogP contribution in [0.2, 0.25) is 0 Å². The second-order valence-corrected chi connectivity index (χ2v) is 6.36. The van der Waals surface area contributed by atoms with Crippen molar-refractivity contribution in [1.82, 2.24) is 0 Å². The first-order chi connectivity index (χ1) is 9.24. The molecular weight excluding hydrogens is 250 g/mol. The van der Waals surface area contributed by atoms with Crippen LogP contribution < -0.4 is 4.90 Å². The van der Waals surface area contributed by atoms with Crippen LogP contribution in [-0.2, 0) is 4.79 Å². The molecule has 3 nitrogen and oxygen atoms in total. The van der Waals surface area contributed by atoms with Crippen LogP contribution in [-0.4, -0.2) is 24.7 Å². The standard InChI is InChI=1S/C17H27NO2/c1-13-8-9-15(14(2)12-13)18(5)11-7-6-10-17(3,4)16(19)20/h8-9,12H,6-7,10-11H2,1-5H3,(H,19,20). The van der Waals surface area contributed by atoms with E-state index >= 15 is 0 Å². The zero-order valence-electron chi connectivity index (χ0n) is 13.4. The van der Waals surface area contributed by atoms with E-state index in [1.807, 2.05) is 0 Å². The molecule has 0 bridgehead atoms. The third-order valence-electron chi connectivity index (χ3n) is 3.89. The maximum atomic E-state index is 11.0. The highest BCUT2D eigenvalue weighted by Gasteiger charge is 2.26. The number of hydrogen-bond acceptors (Lipinski definition) is 2. The molecule has 1 aromatic carbocycles. The fraction of sp³-hybridized carbons (Fsp3) is 0.588. The number of hydrogen-bond donors (Lipinski definition) is 1. The van der Waals surface area contributed by atoms with Gasteiger partial charge in [-0.15, -0.1) is 0 Å². The number of carboxylic acids is 1. The molecule has 1 rings (SSSR count). The smallest absolute Gasteiger partial charge is 0.309 e. The quantitative estimate of drug-likeness (QED) is 0.765. The third-order valence-corrected chi connectivity index (χ3v) is 3.89. The Labute approximate surface area is 122 Å². The number of anilines is 1. The van der Waals surface area contributed by atoms with E-state index < -0.39 is 11.4 Å². The van der Waals surface area contributed by atoms with E-state index in [0.29, 0.717) is 0 Å². The first-order valence-corrected chi connectivity index (χ1v) is 7.26. The van der Waals surface area contributed by atoms with E-state index in [2.05, 4.69) is 44.0 Å². The number of benzene rings is 1. The molecular formula is C17H27NO2. The van der Waals surface area contributed by atoms with E-state index in [4.69, 9.17) is 5.11 Å². The van der Waals surface area contributed by atoms with Crippen molar-refractivity contribution in [3.63, 3.8) is 0 Å². The molecule has 0 aliphatic carbocycles. The van der Waals surface area contributed by atoms with Crippen LogP contribution in [0.3, 0.4) is 0 Å². The van der Waals surface area contributed by atoms with Gasteiger partial charge in [0.2, 0.25) is 0 Å². The second-order valence-electron chi connectivity index (χ2n) is 6.36. The molecule has 0 radical (unpaired) electrons. The lowest BCUT2D eigenvalue weighted by Gasteiger charge is -2.23. The topological polar surface area (TPSA) is 40.5 Å². The molecule has 3 heteroatoms. The van der Waals surface area contributed by atoms with Gasteiger partial charge in [0.1, 0.15) is 0 Å². The summed E-state index contributed by atoms with van der Waals surface area (Å²) in [5, 5.41) is 9.08. The summed E-state index contributed by atoms with van der Waals surface area (Å²) in [6, 6.07) is 6.48. The van der Waals surface area contributed by atoms with Crippen molar-refractivity contribution in [2.75, 3.05) is 18.5 Å². The average molecular weight is 277 g/mol. The number of carboxylic acid groups (broad SMARTS) is 1. The van der Waals surface area contributed by atoms with Crippen molar-refractivity contribution in [3.05, 3.63) is 29.3 Å². The Bertz CT molecular complexity index is 466. The van der Waals surface area contributed by atoms with Crippen LogP contribution in [0.1, 0.15) is 44.2 Å². The number of aryl methyl sites for hydroxylation is 2. The summed E-state index contributed by atoms with van der Waals surface area (Å²) in [6.07, 6.45) is 2.68. The van der Waals surface area contributed by atoms with Crippen molar-refractivity contribution < 1.29 is 9.90 Å². The third kappa shape index (κ3) is 4.55. The summed E-state index contributed by atoms with van der Waals surface area (Å²) in [5.74, 6) is -0.708. The molecule has 0 unspecified atom stereocenters. The predicted molar refractivity (Wildman–Crippen MR) is 84.5 cm³/mol. The minimum Gasteiger partial charge on any atom is -0.481 e. The highest BCUT2D eigenvalue weighted by molar-refractivity contribution is 5.73. The Hall–Kier alpha value is -1.51. The van der Waals surface area contributed by atoms with Gasteiger partial charge in [0, 0.05) is 19.3 Å². The molecule has 0 saturated carbocycles. The summed E-state index contributed by atoms with van der Waals surface area (Å²) in [5.41, 5.74) is 3.22. The molecule has 0 aliphatic heterocycles. The van der Waals surface area contributed by atoms with E-state index in [9.17, 15) is 4.79 Å². The van der Waals surface area contributed by atoms with Crippen LogP contribution in [0.4, 0.5) is 5.69 Å². The van der Waals surface area contributed by atoms with E-state index in [-0.39, 0.29) is 0 Å². The molecule has 20 heavy (non-hydrogen) atoms. The molecule has 0 fully saturated rings. The summed E-state index contributed by atoms with van der Waals surface area (Å²) in [7, 11) is 2.10. The van der Waals surface area contributed by atoms with Crippen LogP contribution >= 0.6 is 0 Å². The zero-order valence-corrected chi connectivity index (χ0v) is 13.4. The minimum atomic E-state index is -0.708. The first-order valence-electron chi connectivity index (χ1n) is 7.26. The molecule has 1 aromatic rings. The van der Waals surface area contributed by atoms with Crippen molar-refractivity contribution in [2.24, 2.45) is 5.41 Å². The fourth-order valence-electron chi connectivity index (χ4n) is 2.38. The molecule has 0 heterocycles. The predicted octanol–water partition coefficient (Wildman–Crippen LogP) is 4.02. The Kier molecular flexibility index (Phi) is 5.61. The van der Waals surface area contributed by atoms with Gasteiger partial charge in [-0.25, -0.2) is 0 Å². The molecule has 0 amide bonds. The Morgan fingerprint density at radius 3 is 2.45 bits per heavy atom. The summed E-state index contributed by atoms with van der Waals surface area (Å²) in [6.45, 7) is 8.78. The van der Waals surface area contributed by atoms with Crippen LogP contribution in [0.25, 0.3) is 0 Å². The number of aliphatic carboxylic acids is 1. The van der Waals surface area contributed by atoms with Crippen molar-refractivity contribution >= 4 is 11.7 Å². The highest BCUT2D eigenvalue weighted by Crippen LogP contribution is 2.24. The first kappa shape index (κ1) is 16.5. The lowest BCUT2D eigenvalue weighted by molar-refractivity contribution is -0.147. The largest absolute Gasteiger partial charge is 0.481 e. The summed E-state index contributed by atoms with van der Waals surface area (Å²) >= 11 is 0. The molecule has 0 aromatic heterocycles. The number of nitrogens with zero attached hydrogens (tertiary/aromatic N) is 1. The van der Waals surface area contributed by atoms with Gasteiger partial charge in [-0.05, 0) is 52.2 Å². The molecule has 0 aliphatic rings. The van der Waals surface area contributed by atoms with E-state index in [0.717, 1.165) is 25.8 Å². The number of carbonyl (C=O) groups is 1. The van der Waals surface area contributed by atoms with Gasteiger partial charge in [0.25, 0.3) is 0 Å². The summed E-state index contributed by atoms with van der Waals surface area (Å²) in [4.78, 5) is 13.3. The van der Waals surface area contributed by atoms with Crippen molar-refractivity contribution in [2.45, 2.75) is 47.0 Å². The normalized spacial score (nSPS) is 11.4. The van der Waals surface area contributed by atoms with E-state index in [1.54, 1.807) is 13.8 Å². The van der Waals surface area contributed by atoms with Crippen LogP contribution in [0.5, 0.6) is 0 Å².